The quantitative estimate of drug-likeness (QED) is 0.783. The molecular weight excluding hydrogens is 242 g/mol. The number of nitrogens with zero attached hydrogens (tertiary/aromatic N) is 1. The van der Waals surface area contributed by atoms with Gasteiger partial charge in [0.25, 0.3) is 0 Å². The van der Waals surface area contributed by atoms with Crippen molar-refractivity contribution < 1.29 is 18.7 Å². The summed E-state index contributed by atoms with van der Waals surface area (Å²) >= 11 is 0. The number of aliphatic hydroxyl groups excluding tert-OH is 1. The topological polar surface area (TPSA) is 52.6 Å². The van der Waals surface area contributed by atoms with Gasteiger partial charge in [0.2, 0.25) is 11.8 Å². The summed E-state index contributed by atoms with van der Waals surface area (Å²) in [5.74, 6) is -3.60. The molecule has 1 saturated carbocycles. The minimum Gasteiger partial charge on any atom is -0.390 e. The van der Waals surface area contributed by atoms with Gasteiger partial charge in [-0.1, -0.05) is 6.92 Å². The van der Waals surface area contributed by atoms with E-state index in [0.717, 1.165) is 13.1 Å². The molecule has 2 aliphatic rings. The number of amides is 1. The summed E-state index contributed by atoms with van der Waals surface area (Å²) in [5, 5.41) is 12.6. The minimum atomic E-state index is -2.67. The summed E-state index contributed by atoms with van der Waals surface area (Å²) in [5.41, 5.74) is 0. The first-order chi connectivity index (χ1) is 8.41. The number of hydrogen-bond donors (Lipinski definition) is 2. The molecule has 1 aliphatic carbocycles. The molecule has 2 fully saturated rings. The number of alkyl halides is 2. The van der Waals surface area contributed by atoms with Gasteiger partial charge in [-0.3, -0.25) is 4.79 Å². The third-order valence-electron chi connectivity index (χ3n) is 3.90. The number of halogens is 2. The molecule has 4 nitrogen and oxygen atoms in total. The van der Waals surface area contributed by atoms with Gasteiger partial charge in [-0.2, -0.15) is 0 Å². The Morgan fingerprint density at radius 2 is 2.17 bits per heavy atom. The molecule has 2 rings (SSSR count). The van der Waals surface area contributed by atoms with Crippen molar-refractivity contribution in [2.45, 2.75) is 44.3 Å². The molecule has 0 aromatic heterocycles. The van der Waals surface area contributed by atoms with E-state index in [1.54, 1.807) is 0 Å². The van der Waals surface area contributed by atoms with E-state index in [1.165, 1.54) is 0 Å². The summed E-state index contributed by atoms with van der Waals surface area (Å²) in [6.07, 6.45) is -0.654. The monoisotopic (exact) mass is 262 g/mol. The Kier molecular flexibility index (Phi) is 3.87. The van der Waals surface area contributed by atoms with Gasteiger partial charge < -0.3 is 15.3 Å². The molecule has 0 aromatic carbocycles. The number of likely N-dealkylation sites (N-methyl/N-ethyl adjacent to an activating group) is 1. The van der Waals surface area contributed by atoms with Gasteiger partial charge in [-0.15, -0.1) is 0 Å². The van der Waals surface area contributed by atoms with Crippen LogP contribution < -0.4 is 5.32 Å². The van der Waals surface area contributed by atoms with E-state index in [-0.39, 0.29) is 24.8 Å². The van der Waals surface area contributed by atoms with Crippen molar-refractivity contribution in [2.24, 2.45) is 5.92 Å². The van der Waals surface area contributed by atoms with Crippen LogP contribution in [0, 0.1) is 5.92 Å². The summed E-state index contributed by atoms with van der Waals surface area (Å²) in [6.45, 7) is 4.23. The van der Waals surface area contributed by atoms with Gasteiger partial charge in [0.05, 0.1) is 12.1 Å². The minimum absolute atomic E-state index is 0.297. The Hall–Kier alpha value is -0.750. The summed E-state index contributed by atoms with van der Waals surface area (Å²) in [6, 6.07) is -0.297. The highest BCUT2D eigenvalue weighted by Gasteiger charge is 2.49. The number of likely N-dealkylation sites (tertiary alicyclic amines) is 1. The third kappa shape index (κ3) is 2.98. The first-order valence-corrected chi connectivity index (χ1v) is 6.50. The van der Waals surface area contributed by atoms with Crippen molar-refractivity contribution in [1.29, 1.82) is 0 Å². The number of β-amino-alcohol motifs (C(OH)–C–C–N with tert-alkyl or cyclic N) is 1. The van der Waals surface area contributed by atoms with Gasteiger partial charge in [-0.05, 0) is 13.0 Å². The second-order valence-corrected chi connectivity index (χ2v) is 5.33. The van der Waals surface area contributed by atoms with E-state index < -0.39 is 17.9 Å². The van der Waals surface area contributed by atoms with E-state index >= 15 is 0 Å². The van der Waals surface area contributed by atoms with Crippen LogP contribution in [0.25, 0.3) is 0 Å². The van der Waals surface area contributed by atoms with Crippen LogP contribution in [0.15, 0.2) is 0 Å². The SMILES string of the molecule is CCN1CCC(NC(=O)C2CC(F)(F)C2)C(O)C1. The second kappa shape index (κ2) is 5.09. The van der Waals surface area contributed by atoms with Gasteiger partial charge in [0, 0.05) is 31.8 Å². The Morgan fingerprint density at radius 1 is 1.50 bits per heavy atom. The van der Waals surface area contributed by atoms with Crippen molar-refractivity contribution in [3.63, 3.8) is 0 Å². The lowest BCUT2D eigenvalue weighted by molar-refractivity contribution is -0.152. The highest BCUT2D eigenvalue weighted by atomic mass is 19.3. The Morgan fingerprint density at radius 3 is 2.67 bits per heavy atom. The molecule has 2 atom stereocenters. The smallest absolute Gasteiger partial charge is 0.249 e. The van der Waals surface area contributed by atoms with Crippen LogP contribution in [0.2, 0.25) is 0 Å². The average molecular weight is 262 g/mol. The van der Waals surface area contributed by atoms with Crippen LogP contribution in [0.5, 0.6) is 0 Å². The van der Waals surface area contributed by atoms with E-state index in [0.29, 0.717) is 13.0 Å². The lowest BCUT2D eigenvalue weighted by atomic mass is 9.80. The van der Waals surface area contributed by atoms with Gasteiger partial charge in [0.1, 0.15) is 0 Å². The Balaban J connectivity index is 1.78. The average Bonchev–Trinajstić information content (AvgIpc) is 2.28. The highest BCUT2D eigenvalue weighted by Crippen LogP contribution is 2.42. The summed E-state index contributed by atoms with van der Waals surface area (Å²) in [7, 11) is 0. The van der Waals surface area contributed by atoms with Crippen LogP contribution >= 0.6 is 0 Å². The maximum absolute atomic E-state index is 12.7. The molecule has 6 heteroatoms. The molecule has 0 radical (unpaired) electrons. The lowest BCUT2D eigenvalue weighted by Gasteiger charge is -2.38. The van der Waals surface area contributed by atoms with Crippen LogP contribution in [0.3, 0.4) is 0 Å². The summed E-state index contributed by atoms with van der Waals surface area (Å²) in [4.78, 5) is 13.8. The first-order valence-electron chi connectivity index (χ1n) is 6.50. The molecular formula is C12H20F2N2O2. The molecule has 2 unspecified atom stereocenters. The number of aliphatic hydroxyl groups is 1. The zero-order valence-electron chi connectivity index (χ0n) is 10.5. The van der Waals surface area contributed by atoms with Gasteiger partial charge in [-0.25, -0.2) is 8.78 Å². The van der Waals surface area contributed by atoms with E-state index in [4.69, 9.17) is 0 Å². The predicted molar refractivity (Wildman–Crippen MR) is 62.3 cm³/mol. The van der Waals surface area contributed by atoms with Crippen molar-refractivity contribution in [3.8, 4) is 0 Å². The molecule has 18 heavy (non-hydrogen) atoms. The van der Waals surface area contributed by atoms with Gasteiger partial charge in [0.15, 0.2) is 0 Å². The molecule has 0 spiro atoms. The molecule has 0 bridgehead atoms. The molecule has 1 aliphatic heterocycles. The maximum atomic E-state index is 12.7. The molecule has 1 heterocycles. The normalized spacial score (nSPS) is 32.9. The maximum Gasteiger partial charge on any atom is 0.249 e. The zero-order valence-corrected chi connectivity index (χ0v) is 10.5. The zero-order chi connectivity index (χ0) is 13.3. The fraction of sp³-hybridized carbons (Fsp3) is 0.917. The molecule has 1 amide bonds. The van der Waals surface area contributed by atoms with Crippen molar-refractivity contribution in [1.82, 2.24) is 10.2 Å². The molecule has 1 saturated heterocycles. The first kappa shape index (κ1) is 13.7. The number of carbonyl (C=O) groups excluding carboxylic acids is 1. The molecule has 0 aromatic rings. The molecule has 2 N–H and O–H groups in total. The van der Waals surface area contributed by atoms with E-state index in [9.17, 15) is 18.7 Å². The van der Waals surface area contributed by atoms with E-state index in [2.05, 4.69) is 10.2 Å². The van der Waals surface area contributed by atoms with Crippen molar-refractivity contribution in [2.75, 3.05) is 19.6 Å². The van der Waals surface area contributed by atoms with Crippen LogP contribution in [0.4, 0.5) is 8.78 Å². The largest absolute Gasteiger partial charge is 0.390 e. The van der Waals surface area contributed by atoms with Crippen molar-refractivity contribution >= 4 is 5.91 Å². The van der Waals surface area contributed by atoms with Crippen LogP contribution in [0.1, 0.15) is 26.2 Å². The number of carbonyl (C=O) groups is 1. The second-order valence-electron chi connectivity index (χ2n) is 5.33. The third-order valence-corrected chi connectivity index (χ3v) is 3.90. The fourth-order valence-electron chi connectivity index (χ4n) is 2.60. The molecule has 104 valence electrons. The Bertz CT molecular complexity index is 317. The van der Waals surface area contributed by atoms with E-state index in [1.807, 2.05) is 6.92 Å². The van der Waals surface area contributed by atoms with Crippen LogP contribution in [-0.2, 0) is 4.79 Å². The number of piperidine rings is 1. The van der Waals surface area contributed by atoms with Gasteiger partial charge >= 0.3 is 0 Å². The number of hydrogen-bond acceptors (Lipinski definition) is 3. The predicted octanol–water partition coefficient (Wildman–Crippen LogP) is 0.603. The highest BCUT2D eigenvalue weighted by molar-refractivity contribution is 5.80. The summed E-state index contributed by atoms with van der Waals surface area (Å²) < 4.78 is 25.3. The van der Waals surface area contributed by atoms with Crippen LogP contribution in [-0.4, -0.2) is 53.6 Å². The standard InChI is InChI=1S/C12H20F2N2O2/c1-2-16-4-3-9(10(17)7-16)15-11(18)8-5-12(13,14)6-8/h8-10,17H,2-7H2,1H3,(H,15,18). The number of nitrogens with one attached hydrogen (secondary N) is 1. The lowest BCUT2D eigenvalue weighted by Crippen LogP contribution is -2.56. The Labute approximate surface area is 105 Å². The fourth-order valence-corrected chi connectivity index (χ4v) is 2.60. The number of rotatable bonds is 3. The van der Waals surface area contributed by atoms with Crippen molar-refractivity contribution in [3.05, 3.63) is 0 Å².